The van der Waals surface area contributed by atoms with Gasteiger partial charge >= 0.3 is 12.1 Å². The molecule has 1 aromatic carbocycles. The maximum absolute atomic E-state index is 14.3. The fourth-order valence-corrected chi connectivity index (χ4v) is 3.51. The third kappa shape index (κ3) is 9.03. The maximum atomic E-state index is 14.3. The van der Waals surface area contributed by atoms with Gasteiger partial charge in [0.05, 0.1) is 16.5 Å². The molecule has 1 fully saturated rings. The molecule has 1 heterocycles. The van der Waals surface area contributed by atoms with Crippen molar-refractivity contribution in [2.24, 2.45) is 17.1 Å². The van der Waals surface area contributed by atoms with Crippen LogP contribution in [-0.2, 0) is 14.4 Å². The van der Waals surface area contributed by atoms with Gasteiger partial charge in [0.1, 0.15) is 11.8 Å². The third-order valence-electron chi connectivity index (χ3n) is 6.12. The molecule has 1 aliphatic rings. The summed E-state index contributed by atoms with van der Waals surface area (Å²) >= 11 is 0. The van der Waals surface area contributed by atoms with Gasteiger partial charge in [-0.1, -0.05) is 0 Å². The van der Waals surface area contributed by atoms with E-state index in [0.717, 1.165) is 6.07 Å². The van der Waals surface area contributed by atoms with E-state index in [1.165, 1.54) is 12.1 Å². The molecule has 206 valence electrons. The van der Waals surface area contributed by atoms with Gasteiger partial charge in [-0.2, -0.15) is 13.2 Å². The Kier molecular flexibility index (Phi) is 10.6. The van der Waals surface area contributed by atoms with Crippen LogP contribution in [0, 0.1) is 17.2 Å². The van der Waals surface area contributed by atoms with Crippen LogP contribution in [0.4, 0.5) is 17.6 Å². The highest BCUT2D eigenvalue weighted by molar-refractivity contribution is 5.98. The van der Waals surface area contributed by atoms with E-state index in [4.69, 9.17) is 26.2 Å². The van der Waals surface area contributed by atoms with E-state index < -0.39 is 41.3 Å². The van der Waals surface area contributed by atoms with Crippen molar-refractivity contribution in [1.29, 1.82) is 0 Å². The summed E-state index contributed by atoms with van der Waals surface area (Å²) in [5.74, 6) is -5.34. The lowest BCUT2D eigenvalue weighted by atomic mass is 9.82. The van der Waals surface area contributed by atoms with Gasteiger partial charge in [-0.25, -0.2) is 4.39 Å². The van der Waals surface area contributed by atoms with Gasteiger partial charge in [0.25, 0.3) is 11.7 Å². The minimum Gasteiger partial charge on any atom is -0.542 e. The zero-order chi connectivity index (χ0) is 28.7. The first-order valence-electron chi connectivity index (χ1n) is 11.2. The first kappa shape index (κ1) is 31.3. The van der Waals surface area contributed by atoms with E-state index in [-0.39, 0.29) is 29.6 Å². The molecule has 0 spiro atoms. The van der Waals surface area contributed by atoms with E-state index >= 15 is 0 Å². The molecule has 2 amide bonds. The molecule has 2 rings (SSSR count). The Morgan fingerprint density at radius 3 is 2.14 bits per heavy atom. The van der Waals surface area contributed by atoms with Crippen molar-refractivity contribution in [2.75, 3.05) is 13.1 Å². The second-order valence-electron chi connectivity index (χ2n) is 9.19. The molecule has 1 saturated heterocycles. The summed E-state index contributed by atoms with van der Waals surface area (Å²) in [6.45, 7) is 6.12. The fourth-order valence-electron chi connectivity index (χ4n) is 3.51. The summed E-state index contributed by atoms with van der Waals surface area (Å²) in [6, 6.07) is 3.27. The van der Waals surface area contributed by atoms with Crippen LogP contribution in [0.2, 0.25) is 0 Å². The number of amides is 2. The highest BCUT2D eigenvalue weighted by atomic mass is 19.4. The number of amidine groups is 1. The van der Waals surface area contributed by atoms with E-state index in [9.17, 15) is 31.9 Å². The summed E-state index contributed by atoms with van der Waals surface area (Å²) < 4.78 is 45.8. The lowest BCUT2D eigenvalue weighted by Gasteiger charge is -2.39. The number of nitrogens with zero attached hydrogens (tertiary/aromatic N) is 1. The number of piperidine rings is 1. The largest absolute Gasteiger partial charge is 0.542 e. The predicted octanol–water partition coefficient (Wildman–Crippen LogP) is -0.553. The first-order valence-corrected chi connectivity index (χ1v) is 11.2. The van der Waals surface area contributed by atoms with E-state index in [1.54, 1.807) is 25.7 Å². The van der Waals surface area contributed by atoms with E-state index in [0.29, 0.717) is 31.5 Å². The molecule has 37 heavy (non-hydrogen) atoms. The number of alkyl halides is 3. The summed E-state index contributed by atoms with van der Waals surface area (Å²) in [5.41, 5.74) is 4.64. The number of carbonyl (C=O) groups excluding carboxylic acids is 3. The quantitative estimate of drug-likeness (QED) is 0.206. The van der Waals surface area contributed by atoms with Crippen LogP contribution in [0.3, 0.4) is 0 Å². The Bertz CT molecular complexity index is 1040. The summed E-state index contributed by atoms with van der Waals surface area (Å²) in [6.07, 6.45) is -3.82. The molecule has 0 aromatic heterocycles. The number of carboxylic acid groups (broad SMARTS) is 2. The molecule has 6 N–H and O–H groups in total. The van der Waals surface area contributed by atoms with Crippen molar-refractivity contribution in [3.63, 3.8) is 0 Å². The van der Waals surface area contributed by atoms with Crippen molar-refractivity contribution < 1.29 is 52.4 Å². The van der Waals surface area contributed by atoms with Gasteiger partial charge in [0, 0.05) is 25.6 Å². The zero-order valence-corrected chi connectivity index (χ0v) is 20.5. The highest BCUT2D eigenvalue weighted by Crippen LogP contribution is 2.28. The molecule has 0 saturated carbocycles. The van der Waals surface area contributed by atoms with E-state index in [1.807, 2.05) is 0 Å². The van der Waals surface area contributed by atoms with Crippen molar-refractivity contribution >= 4 is 29.6 Å². The Hall–Kier alpha value is -3.71. The highest BCUT2D eigenvalue weighted by Gasteiger charge is 2.39. The number of hydrogen-bond acceptors (Lipinski definition) is 5. The standard InChI is InChI=1S/C21H29FN4O4.C2HF3O2/c1-12(25-19(29)15-5-4-14(18(23)24)11-16(15)22)21(2,3)20(30)26-8-6-13(7-9-26)10-17(27)28;3-2(4,5)1(6)7/h4-5,11-13H,6-10H2,1-3H3,(H3,23,24)(H,25,29)(H,27,28);(H,6,7). The number of nitrogens with two attached hydrogens (primary N) is 2. The first-order chi connectivity index (χ1) is 16.9. The minimum atomic E-state index is -5.19. The van der Waals surface area contributed by atoms with Crippen molar-refractivity contribution in [3.8, 4) is 0 Å². The lowest BCUT2D eigenvalue weighted by Crippen LogP contribution is -2.53. The van der Waals surface area contributed by atoms with Crippen LogP contribution in [-0.4, -0.2) is 64.9 Å². The maximum Gasteiger partial charge on any atom is 0.430 e. The lowest BCUT2D eigenvalue weighted by molar-refractivity contribution is -0.344. The number of hydrogen-bond donors (Lipinski definition) is 4. The number of likely N-dealkylation sites (tertiary alicyclic amines) is 1. The molecule has 1 aliphatic heterocycles. The van der Waals surface area contributed by atoms with Crippen molar-refractivity contribution in [3.05, 3.63) is 35.1 Å². The van der Waals surface area contributed by atoms with Gasteiger partial charge in [-0.15, -0.1) is 0 Å². The second kappa shape index (κ2) is 12.5. The van der Waals surface area contributed by atoms with Crippen LogP contribution in [0.1, 0.15) is 56.0 Å². The summed E-state index contributed by atoms with van der Waals surface area (Å²) in [4.78, 5) is 47.0. The topological polar surface area (TPSA) is 178 Å². The van der Waals surface area contributed by atoms with Crippen LogP contribution < -0.4 is 21.6 Å². The number of rotatable bonds is 7. The third-order valence-corrected chi connectivity index (χ3v) is 6.12. The molecule has 10 nitrogen and oxygen atoms in total. The van der Waals surface area contributed by atoms with Crippen molar-refractivity contribution in [1.82, 2.24) is 10.2 Å². The number of carbonyl (C=O) groups is 4. The normalized spacial score (nSPS) is 15.2. The molecule has 0 aliphatic carbocycles. The molecule has 1 unspecified atom stereocenters. The molecule has 1 aromatic rings. The smallest absolute Gasteiger partial charge is 0.430 e. The second-order valence-corrected chi connectivity index (χ2v) is 9.19. The minimum absolute atomic E-state index is 0.0481. The van der Waals surface area contributed by atoms with Crippen LogP contribution in [0.25, 0.3) is 0 Å². The van der Waals surface area contributed by atoms with Gasteiger partial charge in [0.15, 0.2) is 0 Å². The van der Waals surface area contributed by atoms with Gasteiger partial charge in [-0.3, -0.25) is 25.5 Å². The molecule has 14 heteroatoms. The zero-order valence-electron chi connectivity index (χ0n) is 20.5. The molecule has 1 atom stereocenters. The molecular formula is C23H30F4N4O6. The average molecular weight is 535 g/mol. The van der Waals surface area contributed by atoms with Gasteiger partial charge in [0.2, 0.25) is 5.91 Å². The number of halogens is 4. The Labute approximate surface area is 210 Å². The number of aliphatic carboxylic acids is 2. The molecular weight excluding hydrogens is 504 g/mol. The van der Waals surface area contributed by atoms with Gasteiger partial charge < -0.3 is 25.2 Å². The Morgan fingerprint density at radius 2 is 1.73 bits per heavy atom. The molecule has 0 bridgehead atoms. The summed E-state index contributed by atoms with van der Waals surface area (Å²) in [5, 5.41) is 25.9. The van der Waals surface area contributed by atoms with Crippen LogP contribution in [0.5, 0.6) is 0 Å². The van der Waals surface area contributed by atoms with E-state index in [2.05, 4.69) is 5.32 Å². The average Bonchev–Trinajstić information content (AvgIpc) is 2.78. The number of carboxylic acids is 2. The van der Waals surface area contributed by atoms with Gasteiger partial charge in [-0.05, 0) is 57.7 Å². The van der Waals surface area contributed by atoms with Crippen molar-refractivity contribution in [2.45, 2.75) is 52.3 Å². The number of nitrogens with one attached hydrogen (secondary N) is 1. The predicted molar refractivity (Wildman–Crippen MR) is 120 cm³/mol. The monoisotopic (exact) mass is 534 g/mol. The Balaban J connectivity index is 0.000000856. The fraction of sp³-hybridized carbons (Fsp3) is 0.522. The Morgan fingerprint density at radius 1 is 1.22 bits per heavy atom. The van der Waals surface area contributed by atoms with Crippen LogP contribution in [0.15, 0.2) is 18.2 Å². The SMILES string of the molecule is CC(NC(=O)c1ccc(C(N)=[NH2+])cc1F)C(C)(C)C(=O)N1CCC(CC(=O)O)CC1.O=C([O-])C(F)(F)F. The van der Waals surface area contributed by atoms with Crippen LogP contribution >= 0.6 is 0 Å². The number of benzene rings is 1. The summed E-state index contributed by atoms with van der Waals surface area (Å²) in [7, 11) is 0. The molecule has 0 radical (unpaired) electrons.